The fraction of sp³-hybridized carbons (Fsp3) is 0.385. The number of benzene rings is 1. The summed E-state index contributed by atoms with van der Waals surface area (Å²) in [5.41, 5.74) is 0.899. The van der Waals surface area contributed by atoms with E-state index in [1.807, 2.05) is 30.3 Å². The fourth-order valence-electron chi connectivity index (χ4n) is 1.27. The summed E-state index contributed by atoms with van der Waals surface area (Å²) in [4.78, 5) is 23.8. The first-order chi connectivity index (χ1) is 9.63. The van der Waals surface area contributed by atoms with Gasteiger partial charge in [0.25, 0.3) is 0 Å². The van der Waals surface area contributed by atoms with Gasteiger partial charge in [-0.15, -0.1) is 0 Å². The molecule has 1 aromatic rings. The molecule has 20 heavy (non-hydrogen) atoms. The number of rotatable bonds is 6. The summed E-state index contributed by atoms with van der Waals surface area (Å²) in [6, 6.07) is 9.06. The summed E-state index contributed by atoms with van der Waals surface area (Å²) in [6.45, 7) is 0.400. The fourth-order valence-corrected chi connectivity index (χ4v) is 1.36. The molecular weight excluding hydrogens is 286 g/mol. The summed E-state index contributed by atoms with van der Waals surface area (Å²) in [5.74, 6) is 0. The van der Waals surface area contributed by atoms with Gasteiger partial charge in [-0.3, -0.25) is 0 Å². The number of carbonyl (C=O) groups excluding carboxylic acids is 2. The maximum absolute atomic E-state index is 11.6. The van der Waals surface area contributed by atoms with Gasteiger partial charge < -0.3 is 19.1 Å². The minimum absolute atomic E-state index is 0.00661. The van der Waals surface area contributed by atoms with Crippen molar-refractivity contribution in [1.29, 1.82) is 0 Å². The van der Waals surface area contributed by atoms with Gasteiger partial charge in [-0.05, 0) is 5.56 Å². The van der Waals surface area contributed by atoms with Crippen molar-refractivity contribution in [3.63, 3.8) is 0 Å². The van der Waals surface area contributed by atoms with E-state index in [9.17, 15) is 9.59 Å². The highest BCUT2D eigenvalue weighted by Gasteiger charge is 2.11. The third-order valence-electron chi connectivity index (χ3n) is 2.34. The highest BCUT2D eigenvalue weighted by molar-refractivity contribution is 6.17. The molecule has 0 atom stereocenters. The zero-order valence-electron chi connectivity index (χ0n) is 11.1. The number of hydrogen-bond acceptors (Lipinski definition) is 5. The van der Waals surface area contributed by atoms with Crippen molar-refractivity contribution in [2.24, 2.45) is 0 Å². The van der Waals surface area contributed by atoms with E-state index >= 15 is 0 Å². The molecule has 0 unspecified atom stereocenters. The van der Waals surface area contributed by atoms with Crippen LogP contribution in [0.15, 0.2) is 30.3 Å². The topological polar surface area (TPSA) is 65.1 Å². The monoisotopic (exact) mass is 301 g/mol. The third-order valence-corrected chi connectivity index (χ3v) is 2.44. The maximum Gasteiger partial charge on any atom is 0.509 e. The maximum atomic E-state index is 11.6. The Kier molecular flexibility index (Phi) is 7.27. The number of alkyl halides is 1. The van der Waals surface area contributed by atoms with Crippen molar-refractivity contribution >= 4 is 23.8 Å². The molecule has 0 heterocycles. The number of hydrogen-bond donors (Lipinski definition) is 0. The molecular formula is C13H16ClNO5. The zero-order valence-corrected chi connectivity index (χ0v) is 11.8. The number of carbonyl (C=O) groups is 2. The van der Waals surface area contributed by atoms with Crippen LogP contribution < -0.4 is 0 Å². The van der Waals surface area contributed by atoms with E-state index in [1.54, 1.807) is 7.05 Å². The Hall–Kier alpha value is -1.95. The van der Waals surface area contributed by atoms with E-state index in [-0.39, 0.29) is 25.8 Å². The summed E-state index contributed by atoms with van der Waals surface area (Å²) in [7, 11) is 1.55. The second-order valence-electron chi connectivity index (χ2n) is 3.81. The average Bonchev–Trinajstić information content (AvgIpc) is 2.46. The number of likely N-dealkylation sites (N-methyl/N-ethyl adjacent to an activating group) is 1. The van der Waals surface area contributed by atoms with Crippen molar-refractivity contribution in [2.75, 3.05) is 26.3 Å². The quantitative estimate of drug-likeness (QED) is 0.597. The molecule has 0 aliphatic carbocycles. The number of amides is 1. The molecule has 0 aromatic heterocycles. The van der Waals surface area contributed by atoms with Gasteiger partial charge >= 0.3 is 12.2 Å². The summed E-state index contributed by atoms with van der Waals surface area (Å²) >= 11 is 5.18. The molecule has 0 aliphatic heterocycles. The third kappa shape index (κ3) is 6.29. The Morgan fingerprint density at radius 2 is 1.85 bits per heavy atom. The van der Waals surface area contributed by atoms with Gasteiger partial charge in [-0.25, -0.2) is 9.59 Å². The lowest BCUT2D eigenvalue weighted by Gasteiger charge is -2.16. The summed E-state index contributed by atoms with van der Waals surface area (Å²) in [6.07, 6.45) is -1.37. The molecule has 0 bridgehead atoms. The van der Waals surface area contributed by atoms with Crippen molar-refractivity contribution in [1.82, 2.24) is 4.90 Å². The lowest BCUT2D eigenvalue weighted by molar-refractivity contribution is 0.0559. The van der Waals surface area contributed by atoms with E-state index in [4.69, 9.17) is 16.3 Å². The molecule has 0 saturated heterocycles. The molecule has 1 amide bonds. The molecule has 0 N–H and O–H groups in total. The van der Waals surface area contributed by atoms with Crippen LogP contribution in [0.2, 0.25) is 0 Å². The Balaban J connectivity index is 2.21. The van der Waals surface area contributed by atoms with E-state index < -0.39 is 12.2 Å². The van der Waals surface area contributed by atoms with E-state index in [0.29, 0.717) is 0 Å². The molecule has 1 aromatic carbocycles. The van der Waals surface area contributed by atoms with Crippen molar-refractivity contribution in [2.45, 2.75) is 6.61 Å². The molecule has 110 valence electrons. The van der Waals surface area contributed by atoms with Crippen LogP contribution in [0.25, 0.3) is 0 Å². The van der Waals surface area contributed by atoms with Crippen molar-refractivity contribution in [3.8, 4) is 0 Å². The molecule has 7 heteroatoms. The Labute approximate surface area is 122 Å². The Morgan fingerprint density at radius 3 is 2.50 bits per heavy atom. The molecule has 0 saturated carbocycles. The van der Waals surface area contributed by atoms with Crippen molar-refractivity contribution in [3.05, 3.63) is 35.9 Å². The first-order valence-corrected chi connectivity index (χ1v) is 6.44. The van der Waals surface area contributed by atoms with E-state index in [1.165, 1.54) is 4.90 Å². The van der Waals surface area contributed by atoms with Crippen LogP contribution >= 0.6 is 11.6 Å². The van der Waals surface area contributed by atoms with Gasteiger partial charge in [0.2, 0.25) is 0 Å². The van der Waals surface area contributed by atoms with Gasteiger partial charge in [-0.1, -0.05) is 41.9 Å². The minimum atomic E-state index is -0.869. The predicted molar refractivity (Wildman–Crippen MR) is 72.4 cm³/mol. The summed E-state index contributed by atoms with van der Waals surface area (Å²) < 4.78 is 14.1. The molecule has 6 nitrogen and oxygen atoms in total. The van der Waals surface area contributed by atoms with Crippen LogP contribution in [-0.2, 0) is 20.8 Å². The molecule has 0 spiro atoms. The van der Waals surface area contributed by atoms with Gasteiger partial charge in [0.05, 0.1) is 6.54 Å². The van der Waals surface area contributed by atoms with Crippen LogP contribution in [0.5, 0.6) is 0 Å². The van der Waals surface area contributed by atoms with Crippen LogP contribution in [-0.4, -0.2) is 43.4 Å². The molecule has 0 radical (unpaired) electrons. The number of nitrogens with zero attached hydrogens (tertiary/aromatic N) is 1. The largest absolute Gasteiger partial charge is 0.509 e. The normalized spacial score (nSPS) is 9.70. The lowest BCUT2D eigenvalue weighted by atomic mass is 10.2. The predicted octanol–water partition coefficient (Wildman–Crippen LogP) is 2.60. The second-order valence-corrected chi connectivity index (χ2v) is 4.03. The van der Waals surface area contributed by atoms with Crippen LogP contribution in [0.3, 0.4) is 0 Å². The SMILES string of the molecule is CN(CCOC(=O)OCCl)C(=O)OCc1ccccc1. The first kappa shape index (κ1) is 16.1. The zero-order chi connectivity index (χ0) is 14.8. The second kappa shape index (κ2) is 9.03. The van der Waals surface area contributed by atoms with Gasteiger partial charge in [0.15, 0.2) is 6.07 Å². The minimum Gasteiger partial charge on any atom is -0.445 e. The number of ether oxygens (including phenoxy) is 3. The van der Waals surface area contributed by atoms with E-state index in [2.05, 4.69) is 9.47 Å². The van der Waals surface area contributed by atoms with E-state index in [0.717, 1.165) is 5.56 Å². The van der Waals surface area contributed by atoms with Gasteiger partial charge in [0.1, 0.15) is 13.2 Å². The standard InChI is InChI=1S/C13H16ClNO5/c1-15(7-8-18-13(17)20-10-14)12(16)19-9-11-5-3-2-4-6-11/h2-6H,7-10H2,1H3. The van der Waals surface area contributed by atoms with Crippen LogP contribution in [0, 0.1) is 0 Å². The highest BCUT2D eigenvalue weighted by Crippen LogP contribution is 2.02. The molecule has 0 fully saturated rings. The smallest absolute Gasteiger partial charge is 0.445 e. The first-order valence-electron chi connectivity index (χ1n) is 5.91. The molecule has 0 aliphatic rings. The summed E-state index contributed by atoms with van der Waals surface area (Å²) in [5, 5.41) is 0. The van der Waals surface area contributed by atoms with Crippen molar-refractivity contribution < 1.29 is 23.8 Å². The highest BCUT2D eigenvalue weighted by atomic mass is 35.5. The van der Waals surface area contributed by atoms with Crippen LogP contribution in [0.1, 0.15) is 5.56 Å². The molecule has 1 rings (SSSR count). The van der Waals surface area contributed by atoms with Gasteiger partial charge in [0, 0.05) is 7.05 Å². The number of halogens is 1. The Bertz CT molecular complexity index is 426. The van der Waals surface area contributed by atoms with Gasteiger partial charge in [-0.2, -0.15) is 0 Å². The van der Waals surface area contributed by atoms with Crippen LogP contribution in [0.4, 0.5) is 9.59 Å². The average molecular weight is 302 g/mol. The Morgan fingerprint density at radius 1 is 1.15 bits per heavy atom. The lowest BCUT2D eigenvalue weighted by Crippen LogP contribution is -2.31.